The van der Waals surface area contributed by atoms with Gasteiger partial charge in [0.05, 0.1) is 33.8 Å². The van der Waals surface area contributed by atoms with Crippen molar-refractivity contribution in [2.45, 2.75) is 283 Å². The summed E-state index contributed by atoms with van der Waals surface area (Å²) in [6.07, 6.45) is 72.9. The Labute approximate surface area is 469 Å². The molecule has 0 rings (SSSR count). The molecule has 0 aliphatic rings. The molecular weight excluding hydrogens is 964 g/mol. The van der Waals surface area contributed by atoms with Crippen molar-refractivity contribution in [3.8, 4) is 0 Å². The molecule has 0 aromatic carbocycles. The van der Waals surface area contributed by atoms with Crippen LogP contribution in [0.2, 0.25) is 0 Å². The van der Waals surface area contributed by atoms with Crippen LogP contribution in [0.15, 0.2) is 85.1 Å². The second-order valence-corrected chi connectivity index (χ2v) is 23.7. The second-order valence-electron chi connectivity index (χ2n) is 22.2. The third kappa shape index (κ3) is 55.9. The zero-order chi connectivity index (χ0) is 55.7. The number of phosphoric acid groups is 1. The van der Waals surface area contributed by atoms with E-state index in [-0.39, 0.29) is 31.5 Å². The smallest absolute Gasteiger partial charge is 0.456 e. The average Bonchev–Trinajstić information content (AvgIpc) is 3.38. The van der Waals surface area contributed by atoms with Crippen LogP contribution in [0.25, 0.3) is 0 Å². The first-order valence-electron chi connectivity index (χ1n) is 31.4. The third-order valence-electron chi connectivity index (χ3n) is 13.6. The van der Waals surface area contributed by atoms with Gasteiger partial charge in [-0.2, -0.15) is 0 Å². The van der Waals surface area contributed by atoms with Crippen LogP contribution in [0, 0.1) is 0 Å². The van der Waals surface area contributed by atoms with E-state index < -0.39 is 20.0 Å². The van der Waals surface area contributed by atoms with E-state index in [2.05, 4.69) is 99.0 Å². The Hall–Kier alpha value is -2.81. The van der Waals surface area contributed by atoms with Gasteiger partial charge in [0.2, 0.25) is 5.91 Å². The van der Waals surface area contributed by atoms with E-state index in [9.17, 15) is 19.0 Å². The van der Waals surface area contributed by atoms with Crippen molar-refractivity contribution < 1.29 is 37.3 Å². The first-order chi connectivity index (χ1) is 36.9. The van der Waals surface area contributed by atoms with Crippen LogP contribution in [-0.4, -0.2) is 74.3 Å². The van der Waals surface area contributed by atoms with Gasteiger partial charge in [0.25, 0.3) is 0 Å². The first kappa shape index (κ1) is 73.2. The predicted molar refractivity (Wildman–Crippen MR) is 328 cm³/mol. The zero-order valence-corrected chi connectivity index (χ0v) is 51.1. The molecule has 3 unspecified atom stereocenters. The number of quaternary nitrogens is 1. The van der Waals surface area contributed by atoms with Crippen LogP contribution in [0.4, 0.5) is 0 Å². The number of ether oxygens (including phenoxy) is 1. The lowest BCUT2D eigenvalue weighted by molar-refractivity contribution is -0.870. The van der Waals surface area contributed by atoms with Crippen LogP contribution in [-0.2, 0) is 27.9 Å². The van der Waals surface area contributed by atoms with Gasteiger partial charge in [-0.15, -0.1) is 0 Å². The van der Waals surface area contributed by atoms with E-state index in [4.69, 9.17) is 13.8 Å². The fourth-order valence-corrected chi connectivity index (χ4v) is 9.50. The van der Waals surface area contributed by atoms with E-state index in [0.717, 1.165) is 103 Å². The number of carbonyl (C=O) groups is 2. The summed E-state index contributed by atoms with van der Waals surface area (Å²) < 4.78 is 30.7. The summed E-state index contributed by atoms with van der Waals surface area (Å²) in [5, 5.41) is 3.05. The lowest BCUT2D eigenvalue weighted by Crippen LogP contribution is -2.47. The van der Waals surface area contributed by atoms with Crippen LogP contribution in [0.3, 0.4) is 0 Å². The summed E-state index contributed by atoms with van der Waals surface area (Å²) >= 11 is 0. The quantitative estimate of drug-likeness (QED) is 0.0205. The highest BCUT2D eigenvalue weighted by atomic mass is 31.2. The summed E-state index contributed by atoms with van der Waals surface area (Å²) in [6.45, 7) is 6.89. The molecule has 0 aromatic heterocycles. The first-order valence-corrected chi connectivity index (χ1v) is 32.9. The van der Waals surface area contributed by atoms with E-state index in [1.165, 1.54) is 128 Å². The maximum Gasteiger partial charge on any atom is 0.472 e. The molecule has 0 aliphatic heterocycles. The van der Waals surface area contributed by atoms with Gasteiger partial charge in [0, 0.05) is 12.8 Å². The summed E-state index contributed by atoms with van der Waals surface area (Å²) in [7, 11) is 1.48. The summed E-state index contributed by atoms with van der Waals surface area (Å²) in [6, 6.07) is -0.861. The van der Waals surface area contributed by atoms with Gasteiger partial charge >= 0.3 is 13.8 Å². The molecule has 10 heteroatoms. The van der Waals surface area contributed by atoms with Crippen molar-refractivity contribution in [1.82, 2.24) is 5.32 Å². The molecule has 0 aliphatic carbocycles. The topological polar surface area (TPSA) is 111 Å². The predicted octanol–water partition coefficient (Wildman–Crippen LogP) is 19.4. The van der Waals surface area contributed by atoms with Crippen molar-refractivity contribution in [3.63, 3.8) is 0 Å². The van der Waals surface area contributed by atoms with E-state index >= 15 is 0 Å². The molecule has 2 N–H and O–H groups in total. The van der Waals surface area contributed by atoms with Crippen molar-refractivity contribution >= 4 is 19.7 Å². The number of phosphoric ester groups is 1. The molecule has 0 saturated heterocycles. The van der Waals surface area contributed by atoms with Gasteiger partial charge < -0.3 is 19.4 Å². The molecule has 0 spiro atoms. The van der Waals surface area contributed by atoms with Gasteiger partial charge in [-0.25, -0.2) is 4.57 Å². The molecule has 76 heavy (non-hydrogen) atoms. The minimum absolute atomic E-state index is 0.0338. The largest absolute Gasteiger partial charge is 0.472 e. The SMILES string of the molecule is CC/C=C\C/C=C\C/C=C\C/C=C\C/C=C\C/C=C\CCCCCCC(=O)OC(/C=C/CCCCCCCCCCCCC)C(COP(=O)(O)OCC[N+](C)(C)C)NC(=O)CCCCCCCCCCCCCCCC. The number of likely N-dealkylation sites (N-methyl/N-ethyl adjacent to an activating group) is 1. The molecule has 440 valence electrons. The van der Waals surface area contributed by atoms with Crippen LogP contribution in [0.5, 0.6) is 0 Å². The highest BCUT2D eigenvalue weighted by molar-refractivity contribution is 7.47. The maximum atomic E-state index is 13.5. The number of esters is 1. The monoisotopic (exact) mass is 1080 g/mol. The Kier molecular flexibility index (Phi) is 53.5. The van der Waals surface area contributed by atoms with Crippen LogP contribution >= 0.6 is 7.82 Å². The number of allylic oxidation sites excluding steroid dienone is 13. The lowest BCUT2D eigenvalue weighted by atomic mass is 10.0. The summed E-state index contributed by atoms with van der Waals surface area (Å²) in [5.41, 5.74) is 0. The number of hydrogen-bond acceptors (Lipinski definition) is 6. The zero-order valence-electron chi connectivity index (χ0n) is 50.2. The second kappa shape index (κ2) is 55.5. The minimum Gasteiger partial charge on any atom is -0.456 e. The highest BCUT2D eigenvalue weighted by Gasteiger charge is 2.30. The fraction of sp³-hybridized carbons (Fsp3) is 0.758. The molecule has 0 bridgehead atoms. The molecule has 9 nitrogen and oxygen atoms in total. The fourth-order valence-electron chi connectivity index (χ4n) is 8.77. The normalized spacial score (nSPS) is 14.2. The van der Waals surface area contributed by atoms with Crippen molar-refractivity contribution in [2.24, 2.45) is 0 Å². The van der Waals surface area contributed by atoms with Crippen molar-refractivity contribution in [1.29, 1.82) is 0 Å². The van der Waals surface area contributed by atoms with E-state index in [1.54, 1.807) is 0 Å². The lowest BCUT2D eigenvalue weighted by Gasteiger charge is -2.27. The van der Waals surface area contributed by atoms with E-state index in [0.29, 0.717) is 23.9 Å². The molecule has 0 fully saturated rings. The molecule has 0 saturated carbocycles. The Morgan fingerprint density at radius 1 is 0.474 bits per heavy atom. The molecule has 1 amide bonds. The summed E-state index contributed by atoms with van der Waals surface area (Å²) in [5.74, 6) is -0.531. The average molecular weight is 1080 g/mol. The molecule has 3 atom stereocenters. The van der Waals surface area contributed by atoms with Crippen LogP contribution < -0.4 is 5.32 Å². The number of rotatable bonds is 56. The molecular formula is C66H120N2O7P+. The number of amides is 1. The van der Waals surface area contributed by atoms with Gasteiger partial charge in [0.1, 0.15) is 19.3 Å². The van der Waals surface area contributed by atoms with E-state index in [1.807, 2.05) is 33.3 Å². The van der Waals surface area contributed by atoms with Crippen LogP contribution in [0.1, 0.15) is 271 Å². The maximum absolute atomic E-state index is 13.5. The minimum atomic E-state index is -4.46. The third-order valence-corrected chi connectivity index (χ3v) is 14.6. The number of carbonyl (C=O) groups excluding carboxylic acids is 2. The number of unbranched alkanes of at least 4 members (excludes halogenated alkanes) is 28. The standard InChI is InChI=1S/C66H119N2O7P/c1-7-10-13-16-19-22-25-28-30-31-32-33-34-35-36-37-38-41-44-47-50-53-56-59-66(70)75-64(57-54-51-48-45-42-39-27-24-21-18-15-12-9-3)63(62-74-76(71,72)73-61-60-68(4,5)6)67-65(69)58-55-52-49-46-43-40-29-26-23-20-17-14-11-8-2/h10,13,19,22,28,30,32-33,35-36,38,41,54,57,63-64H,7-9,11-12,14-18,20-21,23-27,29,31,34,37,39-40,42-53,55-56,58-62H2,1-6H3,(H-,67,69,71,72)/p+1/b13-10-,22-19-,30-28-,33-32-,36-35-,41-38-,57-54+. The Morgan fingerprint density at radius 3 is 1.26 bits per heavy atom. The summed E-state index contributed by atoms with van der Waals surface area (Å²) in [4.78, 5) is 37.7. The number of hydrogen-bond donors (Lipinski definition) is 2. The molecule has 0 radical (unpaired) electrons. The number of nitrogens with one attached hydrogen (secondary N) is 1. The Morgan fingerprint density at radius 2 is 0.842 bits per heavy atom. The van der Waals surface area contributed by atoms with Gasteiger partial charge in [-0.3, -0.25) is 18.6 Å². The van der Waals surface area contributed by atoms with Gasteiger partial charge in [-0.05, 0) is 83.1 Å². The molecule has 0 heterocycles. The highest BCUT2D eigenvalue weighted by Crippen LogP contribution is 2.43. The van der Waals surface area contributed by atoms with Gasteiger partial charge in [-0.1, -0.05) is 260 Å². The molecule has 0 aromatic rings. The van der Waals surface area contributed by atoms with Crippen molar-refractivity contribution in [2.75, 3.05) is 40.9 Å². The number of nitrogens with zero attached hydrogens (tertiary/aromatic N) is 1. The van der Waals surface area contributed by atoms with Gasteiger partial charge in [0.15, 0.2) is 0 Å². The van der Waals surface area contributed by atoms with Crippen molar-refractivity contribution in [3.05, 3.63) is 85.1 Å². The Bertz CT molecular complexity index is 1580. The Balaban J connectivity index is 5.30.